The first kappa shape index (κ1) is 43.5. The molecule has 9 heteroatoms. The number of nitriles is 1. The maximum absolute atomic E-state index is 10.4. The summed E-state index contributed by atoms with van der Waals surface area (Å²) in [4.78, 5) is 24.5. The van der Waals surface area contributed by atoms with Crippen LogP contribution in [-0.2, 0) is 0 Å². The number of rotatable bonds is 4. The SMILES string of the molecule is Brc1ccc(-c2nc(-c3ccccc3)nc(-c3ccc(Br)cc3)n2)cc1.C=C.C=C.CC.N#Cc1ccc(Br)cc1.O=C(Cl)c1ccccc1. The predicted octanol–water partition coefficient (Wildman–Crippen LogP) is 13.4. The highest BCUT2D eigenvalue weighted by Crippen LogP contribution is 2.26. The van der Waals surface area contributed by atoms with Crippen LogP contribution in [0.3, 0.4) is 0 Å². The molecule has 0 N–H and O–H groups in total. The van der Waals surface area contributed by atoms with E-state index < -0.39 is 5.24 Å². The quantitative estimate of drug-likeness (QED) is 0.130. The zero-order valence-electron chi connectivity index (χ0n) is 27.7. The smallest absolute Gasteiger partial charge is 0.252 e. The minimum Gasteiger partial charge on any atom is -0.276 e. The lowest BCUT2D eigenvalue weighted by Crippen LogP contribution is -2.00. The van der Waals surface area contributed by atoms with Gasteiger partial charge in [0.15, 0.2) is 17.5 Å². The molecule has 50 heavy (non-hydrogen) atoms. The van der Waals surface area contributed by atoms with Crippen molar-refractivity contribution in [1.29, 1.82) is 5.26 Å². The van der Waals surface area contributed by atoms with E-state index in [4.69, 9.17) is 31.8 Å². The third kappa shape index (κ3) is 15.4. The summed E-state index contributed by atoms with van der Waals surface area (Å²) in [7, 11) is 0. The molecule has 0 saturated heterocycles. The molecule has 6 aromatic rings. The number of hydrogen-bond acceptors (Lipinski definition) is 5. The van der Waals surface area contributed by atoms with E-state index >= 15 is 0 Å². The highest BCUT2D eigenvalue weighted by Gasteiger charge is 2.12. The maximum Gasteiger partial charge on any atom is 0.252 e. The standard InChI is InChI=1S/C21H13Br2N3.C7H4BrN.C7H5ClO.C2H6.2C2H4/c22-17-10-6-15(7-11-17)20-24-19(14-4-2-1-3-5-14)25-21(26-20)16-8-12-18(23)13-9-16;8-7-3-1-6(5-9)2-4-7;8-7(9)6-4-2-1-3-5-6;3*1-2/h1-13H;1-4H;1-5H;1-2H3;2*1-2H2. The Morgan fingerprint density at radius 3 is 1.14 bits per heavy atom. The van der Waals surface area contributed by atoms with E-state index in [-0.39, 0.29) is 0 Å². The summed E-state index contributed by atoms with van der Waals surface area (Å²) >= 11 is 15.4. The van der Waals surface area contributed by atoms with Gasteiger partial charge in [-0.05, 0) is 60.1 Å². The van der Waals surface area contributed by atoms with Crippen LogP contribution in [0.5, 0.6) is 0 Å². The van der Waals surface area contributed by atoms with Crippen molar-refractivity contribution in [3.63, 3.8) is 0 Å². The second kappa shape index (κ2) is 25.5. The van der Waals surface area contributed by atoms with Gasteiger partial charge in [-0.15, -0.1) is 26.3 Å². The van der Waals surface area contributed by atoms with Gasteiger partial charge in [-0.2, -0.15) is 5.26 Å². The van der Waals surface area contributed by atoms with Crippen molar-refractivity contribution in [3.05, 3.63) is 184 Å². The molecule has 0 spiro atoms. The molecule has 6 rings (SSSR count). The van der Waals surface area contributed by atoms with E-state index in [0.717, 1.165) is 30.1 Å². The summed E-state index contributed by atoms with van der Waals surface area (Å²) in [5, 5.41) is 7.96. The van der Waals surface area contributed by atoms with Gasteiger partial charge in [-0.25, -0.2) is 15.0 Å². The Bertz CT molecular complexity index is 1820. The van der Waals surface area contributed by atoms with Gasteiger partial charge in [-0.3, -0.25) is 4.79 Å². The molecular weight excluding hydrogens is 840 g/mol. The minimum atomic E-state index is -0.407. The van der Waals surface area contributed by atoms with Crippen LogP contribution >= 0.6 is 59.4 Å². The molecule has 0 aliphatic heterocycles. The summed E-state index contributed by atoms with van der Waals surface area (Å²) < 4.78 is 3.04. The Morgan fingerprint density at radius 1 is 0.540 bits per heavy atom. The first-order valence-corrected chi connectivity index (χ1v) is 17.8. The minimum absolute atomic E-state index is 0.407. The molecule has 0 atom stereocenters. The molecular formula is C41H36Br3ClN4O. The second-order valence-electron chi connectivity index (χ2n) is 8.94. The molecule has 0 fully saturated rings. The summed E-state index contributed by atoms with van der Waals surface area (Å²) in [5.74, 6) is 1.98. The molecule has 0 aliphatic carbocycles. The molecule has 5 aromatic carbocycles. The Balaban J connectivity index is 0.000000427. The number of benzene rings is 5. The predicted molar refractivity (Wildman–Crippen MR) is 221 cm³/mol. The lowest BCUT2D eigenvalue weighted by atomic mass is 10.1. The number of hydrogen-bond donors (Lipinski definition) is 0. The van der Waals surface area contributed by atoms with Crippen molar-refractivity contribution in [2.75, 3.05) is 0 Å². The Kier molecular flexibility index (Phi) is 22.1. The van der Waals surface area contributed by atoms with Crippen LogP contribution in [0.25, 0.3) is 34.2 Å². The lowest BCUT2D eigenvalue weighted by Gasteiger charge is -2.08. The highest BCUT2D eigenvalue weighted by atomic mass is 79.9. The number of halogens is 4. The van der Waals surface area contributed by atoms with Crippen molar-refractivity contribution < 1.29 is 4.79 Å². The zero-order chi connectivity index (χ0) is 37.3. The monoisotopic (exact) mass is 872 g/mol. The highest BCUT2D eigenvalue weighted by molar-refractivity contribution is 9.11. The maximum atomic E-state index is 10.4. The van der Waals surface area contributed by atoms with Crippen molar-refractivity contribution in [2.24, 2.45) is 0 Å². The van der Waals surface area contributed by atoms with Crippen LogP contribution in [0.4, 0.5) is 0 Å². The number of nitrogens with zero attached hydrogens (tertiary/aromatic N) is 4. The molecule has 254 valence electrons. The van der Waals surface area contributed by atoms with Crippen molar-refractivity contribution >= 4 is 64.6 Å². The Hall–Kier alpha value is -4.52. The fourth-order valence-electron chi connectivity index (χ4n) is 3.64. The third-order valence-electron chi connectivity index (χ3n) is 5.85. The van der Waals surface area contributed by atoms with Gasteiger partial charge in [0, 0.05) is 35.7 Å². The van der Waals surface area contributed by atoms with E-state index in [9.17, 15) is 4.79 Å². The molecule has 1 aromatic heterocycles. The fraction of sp³-hybridized carbons (Fsp3) is 0.0488. The summed E-state index contributed by atoms with van der Waals surface area (Å²) in [6, 6.07) is 43.9. The van der Waals surface area contributed by atoms with Crippen LogP contribution in [0.15, 0.2) is 173 Å². The molecule has 0 bridgehead atoms. The van der Waals surface area contributed by atoms with Gasteiger partial charge in [0.2, 0.25) is 0 Å². The molecule has 0 unspecified atom stereocenters. The van der Waals surface area contributed by atoms with E-state index in [1.165, 1.54) is 0 Å². The van der Waals surface area contributed by atoms with E-state index in [1.807, 2.05) is 117 Å². The molecule has 0 radical (unpaired) electrons. The molecule has 0 aliphatic rings. The van der Waals surface area contributed by atoms with Crippen molar-refractivity contribution in [1.82, 2.24) is 15.0 Å². The second-order valence-corrected chi connectivity index (χ2v) is 12.0. The van der Waals surface area contributed by atoms with E-state index in [1.54, 1.807) is 36.4 Å². The average molecular weight is 876 g/mol. The van der Waals surface area contributed by atoms with Gasteiger partial charge in [0.25, 0.3) is 5.24 Å². The number of carbonyl (C=O) groups excluding carboxylic acids is 1. The summed E-state index contributed by atoms with van der Waals surface area (Å²) in [5.41, 5.74) is 4.10. The first-order valence-electron chi connectivity index (χ1n) is 15.1. The molecule has 0 amide bonds. The zero-order valence-corrected chi connectivity index (χ0v) is 33.3. The summed E-state index contributed by atoms with van der Waals surface area (Å²) in [6.07, 6.45) is 0. The van der Waals surface area contributed by atoms with Gasteiger partial charge in [-0.1, -0.05) is 147 Å². The first-order chi connectivity index (χ1) is 24.3. The van der Waals surface area contributed by atoms with Crippen LogP contribution in [0.2, 0.25) is 0 Å². The Labute approximate surface area is 325 Å². The molecule has 1 heterocycles. The van der Waals surface area contributed by atoms with E-state index in [0.29, 0.717) is 28.6 Å². The largest absolute Gasteiger partial charge is 0.276 e. The number of aromatic nitrogens is 3. The van der Waals surface area contributed by atoms with Crippen LogP contribution in [0.1, 0.15) is 29.8 Å². The van der Waals surface area contributed by atoms with Crippen molar-refractivity contribution in [2.45, 2.75) is 13.8 Å². The molecule has 5 nitrogen and oxygen atoms in total. The third-order valence-corrected chi connectivity index (χ3v) is 7.65. The molecule has 0 saturated carbocycles. The number of carbonyl (C=O) groups is 1. The van der Waals surface area contributed by atoms with Gasteiger partial charge in [0.1, 0.15) is 0 Å². The lowest BCUT2D eigenvalue weighted by molar-refractivity contribution is 0.108. The van der Waals surface area contributed by atoms with Crippen LogP contribution < -0.4 is 0 Å². The Morgan fingerprint density at radius 2 is 0.840 bits per heavy atom. The topological polar surface area (TPSA) is 79.5 Å². The fourth-order valence-corrected chi connectivity index (χ4v) is 4.56. The van der Waals surface area contributed by atoms with E-state index in [2.05, 4.69) is 74.1 Å². The summed E-state index contributed by atoms with van der Waals surface area (Å²) in [6.45, 7) is 16.0. The van der Waals surface area contributed by atoms with Crippen molar-refractivity contribution in [3.8, 4) is 40.2 Å². The normalized spacial score (nSPS) is 8.98. The van der Waals surface area contributed by atoms with Crippen LogP contribution in [-0.4, -0.2) is 20.2 Å². The average Bonchev–Trinajstić information content (AvgIpc) is 3.19. The van der Waals surface area contributed by atoms with Crippen LogP contribution in [0, 0.1) is 11.3 Å². The van der Waals surface area contributed by atoms with Gasteiger partial charge >= 0.3 is 0 Å². The van der Waals surface area contributed by atoms with Gasteiger partial charge < -0.3 is 0 Å². The van der Waals surface area contributed by atoms with Gasteiger partial charge in [0.05, 0.1) is 11.6 Å².